The molecule has 1 N–H and O–H groups in total. The number of ether oxygens (including phenoxy) is 2. The molecule has 0 unspecified atom stereocenters. The van der Waals surface area contributed by atoms with Crippen LogP contribution in [0.2, 0.25) is 0 Å². The fraction of sp³-hybridized carbons (Fsp3) is 0.526. The Hall–Kier alpha value is -1.89. The molecular weight excluding hydrogens is 318 g/mol. The van der Waals surface area contributed by atoms with Gasteiger partial charge in [0.1, 0.15) is 0 Å². The number of carbonyl (C=O) groups excluding carboxylic acids is 1. The van der Waals surface area contributed by atoms with Crippen molar-refractivity contribution in [2.45, 2.75) is 19.1 Å². The van der Waals surface area contributed by atoms with Crippen LogP contribution in [0, 0.1) is 0 Å². The van der Waals surface area contributed by atoms with Gasteiger partial charge in [-0.3, -0.25) is 9.69 Å². The summed E-state index contributed by atoms with van der Waals surface area (Å²) in [7, 11) is 0. The molecule has 134 valence electrons. The molecule has 1 aromatic carbocycles. The molecule has 25 heavy (non-hydrogen) atoms. The largest absolute Gasteiger partial charge is 0.361 e. The molecule has 4 rings (SSSR count). The molecule has 0 atom stereocenters. The van der Waals surface area contributed by atoms with Gasteiger partial charge in [0, 0.05) is 56.2 Å². The lowest BCUT2D eigenvalue weighted by atomic mass is 10.1. The van der Waals surface area contributed by atoms with Crippen molar-refractivity contribution in [1.82, 2.24) is 14.8 Å². The predicted molar refractivity (Wildman–Crippen MR) is 95.3 cm³/mol. The standard InChI is InChI=1S/C19H25N3O3/c23-18(13-15-14-20-17-4-2-1-3-16(15)17)22-9-7-21(8-10-22)6-5-19-24-11-12-25-19/h1-4,14,19-20H,5-13H2. The summed E-state index contributed by atoms with van der Waals surface area (Å²) in [5.74, 6) is 0.215. The summed E-state index contributed by atoms with van der Waals surface area (Å²) in [5, 5.41) is 1.14. The Morgan fingerprint density at radius 1 is 1.12 bits per heavy atom. The minimum atomic E-state index is -0.0402. The molecule has 0 bridgehead atoms. The van der Waals surface area contributed by atoms with Gasteiger partial charge in [0.25, 0.3) is 0 Å². The average Bonchev–Trinajstić information content (AvgIpc) is 3.31. The summed E-state index contributed by atoms with van der Waals surface area (Å²) in [6.45, 7) is 5.83. The Morgan fingerprint density at radius 2 is 1.88 bits per heavy atom. The van der Waals surface area contributed by atoms with Crippen molar-refractivity contribution < 1.29 is 14.3 Å². The molecule has 2 aromatic rings. The van der Waals surface area contributed by atoms with E-state index in [2.05, 4.69) is 16.0 Å². The summed E-state index contributed by atoms with van der Waals surface area (Å²) in [6.07, 6.45) is 3.29. The van der Waals surface area contributed by atoms with Gasteiger partial charge < -0.3 is 19.4 Å². The molecular formula is C19H25N3O3. The van der Waals surface area contributed by atoms with Gasteiger partial charge in [-0.15, -0.1) is 0 Å². The lowest BCUT2D eigenvalue weighted by Crippen LogP contribution is -2.49. The van der Waals surface area contributed by atoms with Crippen molar-refractivity contribution in [3.05, 3.63) is 36.0 Å². The highest BCUT2D eigenvalue weighted by atomic mass is 16.7. The molecule has 1 aromatic heterocycles. The second-order valence-electron chi connectivity index (χ2n) is 6.72. The zero-order chi connectivity index (χ0) is 17.1. The van der Waals surface area contributed by atoms with E-state index in [9.17, 15) is 4.79 Å². The van der Waals surface area contributed by atoms with Crippen LogP contribution < -0.4 is 0 Å². The number of hydrogen-bond donors (Lipinski definition) is 1. The van der Waals surface area contributed by atoms with Gasteiger partial charge in [-0.2, -0.15) is 0 Å². The molecule has 6 heteroatoms. The van der Waals surface area contributed by atoms with Gasteiger partial charge in [-0.05, 0) is 11.6 Å². The number of nitrogens with one attached hydrogen (secondary N) is 1. The molecule has 2 saturated heterocycles. The third-order valence-electron chi connectivity index (χ3n) is 5.11. The summed E-state index contributed by atoms with van der Waals surface area (Å²) < 4.78 is 11.0. The topological polar surface area (TPSA) is 57.8 Å². The first-order chi connectivity index (χ1) is 12.3. The molecule has 2 fully saturated rings. The minimum absolute atomic E-state index is 0.0402. The number of H-pyrrole nitrogens is 1. The SMILES string of the molecule is O=C(Cc1c[nH]c2ccccc12)N1CCN(CCC2OCCO2)CC1. The number of benzene rings is 1. The third kappa shape index (κ3) is 3.86. The Kier molecular flexibility index (Phi) is 5.01. The Morgan fingerprint density at radius 3 is 2.68 bits per heavy atom. The van der Waals surface area contributed by atoms with Crippen LogP contribution >= 0.6 is 0 Å². The summed E-state index contributed by atoms with van der Waals surface area (Å²) in [6, 6.07) is 8.13. The zero-order valence-corrected chi connectivity index (χ0v) is 14.4. The van der Waals surface area contributed by atoms with Crippen LogP contribution in [-0.4, -0.2) is 72.9 Å². The van der Waals surface area contributed by atoms with Crippen LogP contribution in [-0.2, 0) is 20.7 Å². The number of fused-ring (bicyclic) bond motifs is 1. The number of hydrogen-bond acceptors (Lipinski definition) is 4. The maximum absolute atomic E-state index is 12.6. The van der Waals surface area contributed by atoms with Crippen molar-refractivity contribution >= 4 is 16.8 Å². The predicted octanol–water partition coefficient (Wildman–Crippen LogP) is 1.62. The van der Waals surface area contributed by atoms with Crippen LogP contribution in [0.3, 0.4) is 0 Å². The van der Waals surface area contributed by atoms with E-state index in [0.29, 0.717) is 19.6 Å². The Labute approximate surface area is 147 Å². The van der Waals surface area contributed by atoms with E-state index >= 15 is 0 Å². The first-order valence-corrected chi connectivity index (χ1v) is 9.08. The average molecular weight is 343 g/mol. The lowest BCUT2D eigenvalue weighted by molar-refractivity contribution is -0.132. The third-order valence-corrected chi connectivity index (χ3v) is 5.11. The Balaban J connectivity index is 1.26. The van der Waals surface area contributed by atoms with Crippen molar-refractivity contribution in [3.8, 4) is 0 Å². The number of aromatic amines is 1. The maximum atomic E-state index is 12.6. The van der Waals surface area contributed by atoms with E-state index in [1.807, 2.05) is 29.3 Å². The quantitative estimate of drug-likeness (QED) is 0.896. The van der Waals surface area contributed by atoms with E-state index in [-0.39, 0.29) is 12.2 Å². The summed E-state index contributed by atoms with van der Waals surface area (Å²) in [4.78, 5) is 20.3. The van der Waals surface area contributed by atoms with E-state index in [0.717, 1.165) is 55.6 Å². The van der Waals surface area contributed by atoms with Crippen molar-refractivity contribution in [2.24, 2.45) is 0 Å². The van der Waals surface area contributed by atoms with Crippen LogP contribution in [0.4, 0.5) is 0 Å². The Bertz CT molecular complexity index is 716. The van der Waals surface area contributed by atoms with Gasteiger partial charge in [0.2, 0.25) is 5.91 Å². The number of piperazine rings is 1. The van der Waals surface area contributed by atoms with Crippen LogP contribution in [0.1, 0.15) is 12.0 Å². The normalized spacial score (nSPS) is 19.8. The van der Waals surface area contributed by atoms with Gasteiger partial charge in [-0.25, -0.2) is 0 Å². The monoisotopic (exact) mass is 343 g/mol. The highest BCUT2D eigenvalue weighted by Crippen LogP contribution is 2.19. The molecule has 6 nitrogen and oxygen atoms in total. The molecule has 1 amide bonds. The summed E-state index contributed by atoms with van der Waals surface area (Å²) in [5.41, 5.74) is 2.17. The molecule has 0 saturated carbocycles. The second-order valence-corrected chi connectivity index (χ2v) is 6.72. The number of rotatable bonds is 5. The number of nitrogens with zero attached hydrogens (tertiary/aromatic N) is 2. The fourth-order valence-corrected chi connectivity index (χ4v) is 3.64. The van der Waals surface area contributed by atoms with E-state index < -0.39 is 0 Å². The molecule has 0 radical (unpaired) electrons. The van der Waals surface area contributed by atoms with Gasteiger partial charge in [0.15, 0.2) is 6.29 Å². The van der Waals surface area contributed by atoms with Gasteiger partial charge in [-0.1, -0.05) is 18.2 Å². The molecule has 0 aliphatic carbocycles. The van der Waals surface area contributed by atoms with Gasteiger partial charge >= 0.3 is 0 Å². The fourth-order valence-electron chi connectivity index (χ4n) is 3.64. The zero-order valence-electron chi connectivity index (χ0n) is 14.4. The highest BCUT2D eigenvalue weighted by Gasteiger charge is 2.23. The number of para-hydroxylation sites is 1. The number of amides is 1. The van der Waals surface area contributed by atoms with Gasteiger partial charge in [0.05, 0.1) is 19.6 Å². The minimum Gasteiger partial charge on any atom is -0.361 e. The molecule has 0 spiro atoms. The maximum Gasteiger partial charge on any atom is 0.227 e. The lowest BCUT2D eigenvalue weighted by Gasteiger charge is -2.35. The number of carbonyl (C=O) groups is 1. The molecule has 2 aliphatic rings. The van der Waals surface area contributed by atoms with E-state index in [4.69, 9.17) is 9.47 Å². The van der Waals surface area contributed by atoms with E-state index in [1.165, 1.54) is 0 Å². The first-order valence-electron chi connectivity index (χ1n) is 9.08. The second kappa shape index (κ2) is 7.56. The molecule has 2 aliphatic heterocycles. The highest BCUT2D eigenvalue weighted by molar-refractivity contribution is 5.88. The van der Waals surface area contributed by atoms with Crippen LogP contribution in [0.25, 0.3) is 10.9 Å². The van der Waals surface area contributed by atoms with Crippen LogP contribution in [0.5, 0.6) is 0 Å². The summed E-state index contributed by atoms with van der Waals surface area (Å²) >= 11 is 0. The number of aromatic nitrogens is 1. The van der Waals surface area contributed by atoms with Crippen LogP contribution in [0.15, 0.2) is 30.5 Å². The van der Waals surface area contributed by atoms with Crippen molar-refractivity contribution in [2.75, 3.05) is 45.9 Å². The smallest absolute Gasteiger partial charge is 0.227 e. The van der Waals surface area contributed by atoms with E-state index in [1.54, 1.807) is 0 Å². The van der Waals surface area contributed by atoms with Crippen molar-refractivity contribution in [3.63, 3.8) is 0 Å². The van der Waals surface area contributed by atoms with Crippen molar-refractivity contribution in [1.29, 1.82) is 0 Å². The first kappa shape index (κ1) is 16.6. The molecule has 3 heterocycles.